The molecule has 2 atom stereocenters. The first-order valence-electron chi connectivity index (χ1n) is 6.46. The Labute approximate surface area is 109 Å². The largest absolute Gasteiger partial charge is 0.393 e. The van der Waals surface area contributed by atoms with Gasteiger partial charge in [0.15, 0.2) is 0 Å². The lowest BCUT2D eigenvalue weighted by Gasteiger charge is -2.18. The van der Waals surface area contributed by atoms with Gasteiger partial charge in [0, 0.05) is 6.04 Å². The third-order valence-corrected chi connectivity index (χ3v) is 3.20. The van der Waals surface area contributed by atoms with Crippen molar-refractivity contribution in [2.75, 3.05) is 6.54 Å². The first-order chi connectivity index (χ1) is 8.54. The van der Waals surface area contributed by atoms with Crippen molar-refractivity contribution in [1.29, 1.82) is 5.26 Å². The Kier molecular flexibility index (Phi) is 5.84. The van der Waals surface area contributed by atoms with Crippen molar-refractivity contribution in [3.8, 4) is 6.07 Å². The molecule has 0 radical (unpaired) electrons. The summed E-state index contributed by atoms with van der Waals surface area (Å²) in [5.74, 6) is 0.303. The molecular formula is C15H22N2O. The smallest absolute Gasteiger partial charge is 0.0991 e. The Balaban J connectivity index is 2.40. The Hall–Kier alpha value is -1.37. The molecule has 98 valence electrons. The van der Waals surface area contributed by atoms with Crippen molar-refractivity contribution < 1.29 is 5.11 Å². The van der Waals surface area contributed by atoms with Crippen LogP contribution in [-0.4, -0.2) is 17.8 Å². The molecule has 2 N–H and O–H groups in total. The van der Waals surface area contributed by atoms with Crippen LogP contribution in [0.4, 0.5) is 0 Å². The molecule has 0 heterocycles. The second-order valence-corrected chi connectivity index (χ2v) is 5.01. The third-order valence-electron chi connectivity index (χ3n) is 3.20. The fourth-order valence-electron chi connectivity index (χ4n) is 1.75. The highest BCUT2D eigenvalue weighted by atomic mass is 16.3. The molecular weight excluding hydrogens is 224 g/mol. The molecule has 3 nitrogen and oxygen atoms in total. The van der Waals surface area contributed by atoms with E-state index in [2.05, 4.69) is 18.3 Å². The van der Waals surface area contributed by atoms with Gasteiger partial charge in [-0.05, 0) is 43.5 Å². The van der Waals surface area contributed by atoms with Gasteiger partial charge < -0.3 is 10.4 Å². The van der Waals surface area contributed by atoms with E-state index in [9.17, 15) is 5.11 Å². The molecule has 3 heteroatoms. The number of nitrogens with zero attached hydrogens (tertiary/aromatic N) is 1. The zero-order chi connectivity index (χ0) is 13.5. The highest BCUT2D eigenvalue weighted by Gasteiger charge is 2.10. The van der Waals surface area contributed by atoms with E-state index >= 15 is 0 Å². The molecule has 0 aliphatic carbocycles. The second-order valence-electron chi connectivity index (χ2n) is 5.01. The predicted octanol–water partition coefficient (Wildman–Crippen LogP) is 2.62. The molecule has 0 bridgehead atoms. The lowest BCUT2D eigenvalue weighted by molar-refractivity contribution is 0.115. The van der Waals surface area contributed by atoms with Crippen LogP contribution in [0.3, 0.4) is 0 Å². The average molecular weight is 246 g/mol. The minimum Gasteiger partial charge on any atom is -0.393 e. The van der Waals surface area contributed by atoms with Crippen LogP contribution in [0.5, 0.6) is 0 Å². The van der Waals surface area contributed by atoms with Gasteiger partial charge >= 0.3 is 0 Å². The number of hydrogen-bond donors (Lipinski definition) is 2. The minimum atomic E-state index is -0.245. The van der Waals surface area contributed by atoms with Gasteiger partial charge in [-0.2, -0.15) is 5.26 Å². The molecule has 0 fully saturated rings. The minimum absolute atomic E-state index is 0.233. The molecule has 1 rings (SSSR count). The summed E-state index contributed by atoms with van der Waals surface area (Å²) in [4.78, 5) is 0. The van der Waals surface area contributed by atoms with Gasteiger partial charge in [-0.15, -0.1) is 0 Å². The highest BCUT2D eigenvalue weighted by molar-refractivity contribution is 5.32. The summed E-state index contributed by atoms with van der Waals surface area (Å²) < 4.78 is 0. The number of rotatable bonds is 6. The molecule has 0 saturated heterocycles. The lowest BCUT2D eigenvalue weighted by Crippen LogP contribution is -2.25. The lowest BCUT2D eigenvalue weighted by atomic mass is 10.0. The number of hydrogen-bond acceptors (Lipinski definition) is 3. The van der Waals surface area contributed by atoms with Crippen LogP contribution < -0.4 is 5.32 Å². The van der Waals surface area contributed by atoms with Gasteiger partial charge in [0.05, 0.1) is 17.7 Å². The van der Waals surface area contributed by atoms with Crippen LogP contribution in [0.2, 0.25) is 0 Å². The van der Waals surface area contributed by atoms with Gasteiger partial charge in [0.2, 0.25) is 0 Å². The summed E-state index contributed by atoms with van der Waals surface area (Å²) >= 11 is 0. The van der Waals surface area contributed by atoms with Gasteiger partial charge in [0.1, 0.15) is 0 Å². The van der Waals surface area contributed by atoms with Crippen molar-refractivity contribution in [3.63, 3.8) is 0 Å². The Morgan fingerprint density at radius 3 is 2.33 bits per heavy atom. The van der Waals surface area contributed by atoms with Crippen molar-refractivity contribution in [1.82, 2.24) is 5.32 Å². The van der Waals surface area contributed by atoms with Crippen molar-refractivity contribution in [2.45, 2.75) is 39.3 Å². The summed E-state index contributed by atoms with van der Waals surface area (Å²) in [6.45, 7) is 6.92. The van der Waals surface area contributed by atoms with Crippen LogP contribution in [0.15, 0.2) is 24.3 Å². The standard InChI is InChI=1S/C15H22N2O/c1-11(2)15(18)8-9-17-12(3)14-6-4-13(10-16)5-7-14/h4-7,11-12,15,17-18H,8-9H2,1-3H3. The van der Waals surface area contributed by atoms with E-state index in [0.717, 1.165) is 18.5 Å². The zero-order valence-corrected chi connectivity index (χ0v) is 11.4. The SMILES string of the molecule is CC(NCCC(O)C(C)C)c1ccc(C#N)cc1. The quantitative estimate of drug-likeness (QED) is 0.811. The maximum absolute atomic E-state index is 9.70. The van der Waals surface area contributed by atoms with E-state index in [4.69, 9.17) is 5.26 Å². The molecule has 0 aliphatic rings. The number of nitrogens with one attached hydrogen (secondary N) is 1. The molecule has 0 spiro atoms. The zero-order valence-electron chi connectivity index (χ0n) is 11.4. The van der Waals surface area contributed by atoms with Crippen LogP contribution >= 0.6 is 0 Å². The van der Waals surface area contributed by atoms with Gasteiger partial charge in [0.25, 0.3) is 0 Å². The summed E-state index contributed by atoms with van der Waals surface area (Å²) in [5.41, 5.74) is 1.84. The van der Waals surface area contributed by atoms with Gasteiger partial charge in [-0.25, -0.2) is 0 Å². The van der Waals surface area contributed by atoms with Crippen LogP contribution in [0.25, 0.3) is 0 Å². The first kappa shape index (κ1) is 14.7. The molecule has 2 unspecified atom stereocenters. The molecule has 1 aromatic carbocycles. The Bertz CT molecular complexity index is 392. The number of aliphatic hydroxyl groups excluding tert-OH is 1. The fraction of sp³-hybridized carbons (Fsp3) is 0.533. The highest BCUT2D eigenvalue weighted by Crippen LogP contribution is 2.13. The van der Waals surface area contributed by atoms with E-state index in [1.54, 1.807) is 0 Å². The molecule has 1 aromatic rings. The number of benzene rings is 1. The summed E-state index contributed by atoms with van der Waals surface area (Å²) in [6.07, 6.45) is 0.517. The number of nitriles is 1. The predicted molar refractivity (Wildman–Crippen MR) is 73.0 cm³/mol. The molecule has 0 aliphatic heterocycles. The topological polar surface area (TPSA) is 56.0 Å². The van der Waals surface area contributed by atoms with Crippen LogP contribution in [0, 0.1) is 17.2 Å². The molecule has 0 aromatic heterocycles. The Morgan fingerprint density at radius 1 is 1.22 bits per heavy atom. The summed E-state index contributed by atoms with van der Waals surface area (Å²) in [6, 6.07) is 9.94. The van der Waals surface area contributed by atoms with Crippen molar-refractivity contribution in [3.05, 3.63) is 35.4 Å². The van der Waals surface area contributed by atoms with Gasteiger partial charge in [-0.3, -0.25) is 0 Å². The number of aliphatic hydroxyl groups is 1. The summed E-state index contributed by atoms with van der Waals surface area (Å²) in [5, 5.41) is 21.8. The van der Waals surface area contributed by atoms with Crippen molar-refractivity contribution >= 4 is 0 Å². The maximum Gasteiger partial charge on any atom is 0.0991 e. The summed E-state index contributed by atoms with van der Waals surface area (Å²) in [7, 11) is 0. The van der Waals surface area contributed by atoms with Crippen molar-refractivity contribution in [2.24, 2.45) is 5.92 Å². The fourth-order valence-corrected chi connectivity index (χ4v) is 1.75. The molecule has 0 amide bonds. The molecule has 18 heavy (non-hydrogen) atoms. The van der Waals surface area contributed by atoms with E-state index in [-0.39, 0.29) is 12.1 Å². The Morgan fingerprint density at radius 2 is 1.83 bits per heavy atom. The first-order valence-corrected chi connectivity index (χ1v) is 6.46. The average Bonchev–Trinajstić information content (AvgIpc) is 2.38. The van der Waals surface area contributed by atoms with E-state index in [1.807, 2.05) is 38.1 Å². The molecule has 0 saturated carbocycles. The second kappa shape index (κ2) is 7.15. The maximum atomic E-state index is 9.70. The van der Waals surface area contributed by atoms with Crippen LogP contribution in [0.1, 0.15) is 44.4 Å². The monoisotopic (exact) mass is 246 g/mol. The van der Waals surface area contributed by atoms with Gasteiger partial charge in [-0.1, -0.05) is 26.0 Å². The van der Waals surface area contributed by atoms with Crippen LogP contribution in [-0.2, 0) is 0 Å². The van der Waals surface area contributed by atoms with E-state index in [1.165, 1.54) is 0 Å². The normalized spacial score (nSPS) is 14.2. The third kappa shape index (κ3) is 4.48. The van der Waals surface area contributed by atoms with E-state index in [0.29, 0.717) is 11.5 Å². The van der Waals surface area contributed by atoms with E-state index < -0.39 is 0 Å².